The fourth-order valence-corrected chi connectivity index (χ4v) is 2.27. The van der Waals surface area contributed by atoms with E-state index in [1.54, 1.807) is 36.4 Å². The Morgan fingerprint density at radius 1 is 0.962 bits per heavy atom. The fraction of sp³-hybridized carbons (Fsp3) is 0.333. The van der Waals surface area contributed by atoms with Gasteiger partial charge in [-0.3, -0.25) is 0 Å². The van der Waals surface area contributed by atoms with Crippen molar-refractivity contribution < 1.29 is 19.0 Å². The van der Waals surface area contributed by atoms with Crippen LogP contribution in [-0.4, -0.2) is 19.2 Å². The van der Waals surface area contributed by atoms with Crippen molar-refractivity contribution in [2.24, 2.45) is 0 Å². The summed E-state index contributed by atoms with van der Waals surface area (Å²) in [6.07, 6.45) is 4.60. The second-order valence-corrected chi connectivity index (χ2v) is 5.78. The van der Waals surface area contributed by atoms with E-state index in [-0.39, 0.29) is 6.61 Å². The van der Waals surface area contributed by atoms with Crippen molar-refractivity contribution >= 4 is 5.97 Å². The monoisotopic (exact) mass is 353 g/mol. The lowest BCUT2D eigenvalue weighted by molar-refractivity contribution is -0.136. The Morgan fingerprint density at radius 2 is 1.69 bits per heavy atom. The minimum Gasteiger partial charge on any atom is -0.493 e. The zero-order chi connectivity index (χ0) is 18.6. The van der Waals surface area contributed by atoms with Crippen LogP contribution in [0.15, 0.2) is 48.5 Å². The van der Waals surface area contributed by atoms with Gasteiger partial charge in [-0.2, -0.15) is 5.26 Å². The summed E-state index contributed by atoms with van der Waals surface area (Å²) in [5.74, 6) is 1.13. The average Bonchev–Trinajstić information content (AvgIpc) is 2.67. The zero-order valence-corrected chi connectivity index (χ0v) is 14.9. The topological polar surface area (TPSA) is 68.6 Å². The minimum atomic E-state index is -0.513. The molecule has 26 heavy (non-hydrogen) atoms. The molecule has 0 saturated heterocycles. The smallest absolute Gasteiger partial charge is 0.349 e. The van der Waals surface area contributed by atoms with Gasteiger partial charge in [-0.15, -0.1) is 0 Å². The van der Waals surface area contributed by atoms with Crippen molar-refractivity contribution in [1.29, 1.82) is 5.26 Å². The number of ether oxygens (including phenoxy) is 3. The largest absolute Gasteiger partial charge is 0.493 e. The second-order valence-electron chi connectivity index (χ2n) is 5.78. The number of benzene rings is 2. The Bertz CT molecular complexity index is 734. The molecule has 0 amide bonds. The van der Waals surface area contributed by atoms with E-state index in [4.69, 9.17) is 19.5 Å². The van der Waals surface area contributed by atoms with E-state index in [0.717, 1.165) is 18.6 Å². The quantitative estimate of drug-likeness (QED) is 0.357. The SMILES string of the molecule is CCCCCCOc1cccc(OCC(=O)Oc2ccc(C#N)cc2)c1. The average molecular weight is 353 g/mol. The Labute approximate surface area is 154 Å². The second kappa shape index (κ2) is 10.8. The van der Waals surface area contributed by atoms with Crippen molar-refractivity contribution in [2.75, 3.05) is 13.2 Å². The molecule has 0 atom stereocenters. The van der Waals surface area contributed by atoms with Crippen LogP contribution in [0.1, 0.15) is 38.2 Å². The fourth-order valence-electron chi connectivity index (χ4n) is 2.27. The van der Waals surface area contributed by atoms with Gasteiger partial charge in [0.15, 0.2) is 6.61 Å². The van der Waals surface area contributed by atoms with Crippen molar-refractivity contribution in [2.45, 2.75) is 32.6 Å². The third-order valence-electron chi connectivity index (χ3n) is 3.64. The third-order valence-corrected chi connectivity index (χ3v) is 3.64. The Balaban J connectivity index is 1.76. The molecule has 5 heteroatoms. The molecule has 0 bridgehead atoms. The number of nitrogens with zero attached hydrogens (tertiary/aromatic N) is 1. The molecule has 136 valence electrons. The van der Waals surface area contributed by atoms with E-state index in [1.807, 2.05) is 18.2 Å². The van der Waals surface area contributed by atoms with Crippen LogP contribution in [0.25, 0.3) is 0 Å². The van der Waals surface area contributed by atoms with Crippen LogP contribution in [0.3, 0.4) is 0 Å². The van der Waals surface area contributed by atoms with Gasteiger partial charge in [0.2, 0.25) is 0 Å². The molecule has 2 aromatic carbocycles. The predicted molar refractivity (Wildman–Crippen MR) is 98.4 cm³/mol. The van der Waals surface area contributed by atoms with Gasteiger partial charge < -0.3 is 14.2 Å². The van der Waals surface area contributed by atoms with Gasteiger partial charge in [0, 0.05) is 6.07 Å². The number of hydrogen-bond acceptors (Lipinski definition) is 5. The highest BCUT2D eigenvalue weighted by Crippen LogP contribution is 2.20. The molecule has 0 N–H and O–H groups in total. The molecule has 2 aromatic rings. The number of carbonyl (C=O) groups is 1. The number of esters is 1. The van der Waals surface area contributed by atoms with Crippen molar-refractivity contribution in [3.63, 3.8) is 0 Å². The summed E-state index contributed by atoms with van der Waals surface area (Å²) in [6.45, 7) is 2.64. The van der Waals surface area contributed by atoms with Crippen LogP contribution in [-0.2, 0) is 4.79 Å². The first-order chi connectivity index (χ1) is 12.7. The van der Waals surface area contributed by atoms with Gasteiger partial charge in [-0.25, -0.2) is 4.79 Å². The van der Waals surface area contributed by atoms with E-state index in [1.165, 1.54) is 12.8 Å². The van der Waals surface area contributed by atoms with Crippen LogP contribution in [0.4, 0.5) is 0 Å². The third kappa shape index (κ3) is 6.86. The number of rotatable bonds is 10. The molecule has 0 aliphatic heterocycles. The van der Waals surface area contributed by atoms with Crippen LogP contribution in [0.5, 0.6) is 17.2 Å². The molecular weight excluding hydrogens is 330 g/mol. The Hall–Kier alpha value is -3.00. The van der Waals surface area contributed by atoms with Gasteiger partial charge in [-0.05, 0) is 42.8 Å². The first-order valence-corrected chi connectivity index (χ1v) is 8.77. The van der Waals surface area contributed by atoms with Gasteiger partial charge in [-0.1, -0.05) is 32.3 Å². The standard InChI is InChI=1S/C21H23NO4/c1-2-3-4-5-13-24-19-7-6-8-20(14-19)25-16-21(23)26-18-11-9-17(15-22)10-12-18/h6-12,14H,2-5,13,16H2,1H3. The number of carbonyl (C=O) groups excluding carboxylic acids is 1. The van der Waals surface area contributed by atoms with Crippen LogP contribution < -0.4 is 14.2 Å². The first-order valence-electron chi connectivity index (χ1n) is 8.77. The molecule has 0 spiro atoms. The Morgan fingerprint density at radius 3 is 2.38 bits per heavy atom. The maximum absolute atomic E-state index is 11.9. The van der Waals surface area contributed by atoms with Crippen molar-refractivity contribution in [3.8, 4) is 23.3 Å². The maximum atomic E-state index is 11.9. The molecule has 0 fully saturated rings. The molecule has 5 nitrogen and oxygen atoms in total. The molecule has 0 saturated carbocycles. The van der Waals surface area contributed by atoms with Crippen LogP contribution >= 0.6 is 0 Å². The van der Waals surface area contributed by atoms with E-state index in [9.17, 15) is 4.79 Å². The molecule has 0 unspecified atom stereocenters. The molecule has 0 aliphatic carbocycles. The van der Waals surface area contributed by atoms with Gasteiger partial charge in [0.1, 0.15) is 17.2 Å². The molecule has 2 rings (SSSR count). The van der Waals surface area contributed by atoms with Crippen molar-refractivity contribution in [3.05, 3.63) is 54.1 Å². The number of unbranched alkanes of at least 4 members (excludes halogenated alkanes) is 3. The highest BCUT2D eigenvalue weighted by Gasteiger charge is 2.07. The number of nitriles is 1. The molecule has 0 heterocycles. The molecule has 0 radical (unpaired) electrons. The summed E-state index contributed by atoms with van der Waals surface area (Å²) >= 11 is 0. The Kier molecular flexibility index (Phi) is 8.01. The summed E-state index contributed by atoms with van der Waals surface area (Å²) in [6, 6.07) is 15.5. The van der Waals surface area contributed by atoms with Gasteiger partial charge in [0.25, 0.3) is 0 Å². The zero-order valence-electron chi connectivity index (χ0n) is 14.9. The molecular formula is C21H23NO4. The summed E-state index contributed by atoms with van der Waals surface area (Å²) in [7, 11) is 0. The van der Waals surface area contributed by atoms with Crippen molar-refractivity contribution in [1.82, 2.24) is 0 Å². The van der Waals surface area contributed by atoms with Gasteiger partial charge in [0.05, 0.1) is 18.2 Å². The van der Waals surface area contributed by atoms with E-state index < -0.39 is 5.97 Å². The predicted octanol–water partition coefficient (Wildman–Crippen LogP) is 4.50. The van der Waals surface area contributed by atoms with Gasteiger partial charge >= 0.3 is 5.97 Å². The van der Waals surface area contributed by atoms with Crippen LogP contribution in [0.2, 0.25) is 0 Å². The summed E-state index contributed by atoms with van der Waals surface area (Å²) < 4.78 is 16.3. The van der Waals surface area contributed by atoms with E-state index in [0.29, 0.717) is 23.7 Å². The lowest BCUT2D eigenvalue weighted by atomic mass is 10.2. The van der Waals surface area contributed by atoms with E-state index >= 15 is 0 Å². The minimum absolute atomic E-state index is 0.208. The summed E-state index contributed by atoms with van der Waals surface area (Å²) in [5.41, 5.74) is 0.507. The maximum Gasteiger partial charge on any atom is 0.349 e. The lowest BCUT2D eigenvalue weighted by Gasteiger charge is -2.09. The molecule has 0 aliphatic rings. The first kappa shape index (κ1) is 19.3. The number of hydrogen-bond donors (Lipinski definition) is 0. The highest BCUT2D eigenvalue weighted by atomic mass is 16.6. The van der Waals surface area contributed by atoms with E-state index in [2.05, 4.69) is 6.92 Å². The van der Waals surface area contributed by atoms with Crippen LogP contribution in [0, 0.1) is 11.3 Å². The summed E-state index contributed by atoms with van der Waals surface area (Å²) in [5, 5.41) is 8.75. The lowest BCUT2D eigenvalue weighted by Crippen LogP contribution is -2.17. The normalized spacial score (nSPS) is 10.0. The molecule has 0 aromatic heterocycles. The summed E-state index contributed by atoms with van der Waals surface area (Å²) in [4.78, 5) is 11.9. The highest BCUT2D eigenvalue weighted by molar-refractivity contribution is 5.74.